The van der Waals surface area contributed by atoms with Crippen LogP contribution in [0.25, 0.3) is 0 Å². The monoisotopic (exact) mass is 208 g/mol. The van der Waals surface area contributed by atoms with Crippen LogP contribution in [0.15, 0.2) is 18.3 Å². The first-order chi connectivity index (χ1) is 7.15. The highest BCUT2D eigenvalue weighted by Gasteiger charge is 2.12. The molecule has 0 radical (unpaired) electrons. The van der Waals surface area contributed by atoms with E-state index < -0.39 is 0 Å². The van der Waals surface area contributed by atoms with Gasteiger partial charge in [-0.25, -0.2) is 4.98 Å². The van der Waals surface area contributed by atoms with E-state index >= 15 is 0 Å². The van der Waals surface area contributed by atoms with Crippen LogP contribution < -0.4 is 10.1 Å². The smallest absolute Gasteiger partial charge is 0.218 e. The molecule has 3 nitrogen and oxygen atoms in total. The van der Waals surface area contributed by atoms with Crippen LogP contribution in [0, 0.1) is 0 Å². The molecule has 1 aromatic rings. The van der Waals surface area contributed by atoms with Crippen molar-refractivity contribution < 1.29 is 4.74 Å². The number of nitrogens with zero attached hydrogens (tertiary/aromatic N) is 1. The summed E-state index contributed by atoms with van der Waals surface area (Å²) in [6, 6.07) is 4.27. The Labute approximate surface area is 91.9 Å². The molecule has 0 aliphatic heterocycles. The second kappa shape index (κ2) is 5.71. The van der Waals surface area contributed by atoms with Gasteiger partial charge in [0, 0.05) is 17.8 Å². The number of pyridine rings is 1. The molecule has 1 aromatic heterocycles. The lowest BCUT2D eigenvalue weighted by Gasteiger charge is -2.17. The van der Waals surface area contributed by atoms with E-state index in [1.165, 1.54) is 0 Å². The summed E-state index contributed by atoms with van der Waals surface area (Å²) in [4.78, 5) is 4.26. The molecular formula is C12H20N2O. The average molecular weight is 208 g/mol. The molecule has 1 heterocycles. The van der Waals surface area contributed by atoms with Crippen LogP contribution in [0.2, 0.25) is 0 Å². The second-order valence-electron chi connectivity index (χ2n) is 3.84. The summed E-state index contributed by atoms with van der Waals surface area (Å²) in [5.74, 6) is 0.737. The third-order valence-electron chi connectivity index (χ3n) is 2.12. The molecule has 0 aromatic carbocycles. The fourth-order valence-electron chi connectivity index (χ4n) is 1.47. The summed E-state index contributed by atoms with van der Waals surface area (Å²) < 4.78 is 5.66. The summed E-state index contributed by atoms with van der Waals surface area (Å²) in [6.07, 6.45) is 1.92. The highest BCUT2D eigenvalue weighted by atomic mass is 16.5. The van der Waals surface area contributed by atoms with Gasteiger partial charge in [0.25, 0.3) is 0 Å². The molecule has 0 bridgehead atoms. The van der Waals surface area contributed by atoms with Gasteiger partial charge in [0.1, 0.15) is 0 Å². The molecule has 1 N–H and O–H groups in total. The van der Waals surface area contributed by atoms with Crippen molar-refractivity contribution in [3.05, 3.63) is 23.9 Å². The van der Waals surface area contributed by atoms with Gasteiger partial charge in [0.05, 0.1) is 6.10 Å². The van der Waals surface area contributed by atoms with E-state index in [9.17, 15) is 0 Å². The zero-order valence-corrected chi connectivity index (χ0v) is 9.95. The maximum Gasteiger partial charge on any atom is 0.218 e. The Morgan fingerprint density at radius 3 is 2.73 bits per heavy atom. The van der Waals surface area contributed by atoms with E-state index in [-0.39, 0.29) is 12.1 Å². The van der Waals surface area contributed by atoms with Crippen LogP contribution in [0.1, 0.15) is 39.3 Å². The third kappa shape index (κ3) is 3.51. The minimum atomic E-state index is 0.160. The van der Waals surface area contributed by atoms with Crippen LogP contribution in [-0.2, 0) is 0 Å². The number of aromatic nitrogens is 1. The molecule has 1 unspecified atom stereocenters. The molecule has 0 saturated carbocycles. The van der Waals surface area contributed by atoms with Crippen molar-refractivity contribution in [3.63, 3.8) is 0 Å². The van der Waals surface area contributed by atoms with E-state index in [1.807, 2.05) is 19.9 Å². The van der Waals surface area contributed by atoms with Crippen molar-refractivity contribution in [1.29, 1.82) is 0 Å². The van der Waals surface area contributed by atoms with Crippen LogP contribution >= 0.6 is 0 Å². The van der Waals surface area contributed by atoms with E-state index in [2.05, 4.69) is 30.2 Å². The SMILES string of the molecule is CCNC(C)c1cccnc1OC(C)C. The van der Waals surface area contributed by atoms with Gasteiger partial charge in [-0.2, -0.15) is 0 Å². The first-order valence-corrected chi connectivity index (χ1v) is 5.50. The Bertz CT molecular complexity index is 299. The fraction of sp³-hybridized carbons (Fsp3) is 0.583. The molecule has 0 spiro atoms. The summed E-state index contributed by atoms with van der Waals surface area (Å²) in [7, 11) is 0. The number of hydrogen-bond donors (Lipinski definition) is 1. The second-order valence-corrected chi connectivity index (χ2v) is 3.84. The van der Waals surface area contributed by atoms with Gasteiger partial charge in [0.2, 0.25) is 5.88 Å². The zero-order valence-electron chi connectivity index (χ0n) is 9.95. The van der Waals surface area contributed by atoms with Gasteiger partial charge in [-0.05, 0) is 33.4 Å². The molecule has 0 fully saturated rings. The topological polar surface area (TPSA) is 34.2 Å². The molecule has 0 aliphatic carbocycles. The van der Waals surface area contributed by atoms with Crippen molar-refractivity contribution in [2.24, 2.45) is 0 Å². The van der Waals surface area contributed by atoms with Gasteiger partial charge < -0.3 is 10.1 Å². The fourth-order valence-corrected chi connectivity index (χ4v) is 1.47. The summed E-state index contributed by atoms with van der Waals surface area (Å²) in [6.45, 7) is 9.17. The third-order valence-corrected chi connectivity index (χ3v) is 2.12. The molecule has 3 heteroatoms. The minimum absolute atomic E-state index is 0.160. The van der Waals surface area contributed by atoms with E-state index in [1.54, 1.807) is 6.20 Å². The molecule has 0 amide bonds. The van der Waals surface area contributed by atoms with Crippen molar-refractivity contribution in [2.45, 2.75) is 39.8 Å². The minimum Gasteiger partial charge on any atom is -0.475 e. The average Bonchev–Trinajstić information content (AvgIpc) is 2.18. The highest BCUT2D eigenvalue weighted by Crippen LogP contribution is 2.22. The van der Waals surface area contributed by atoms with Crippen LogP contribution in [0.4, 0.5) is 0 Å². The summed E-state index contributed by atoms with van der Waals surface area (Å²) >= 11 is 0. The molecule has 1 rings (SSSR count). The lowest BCUT2D eigenvalue weighted by atomic mass is 10.1. The van der Waals surface area contributed by atoms with Gasteiger partial charge in [-0.1, -0.05) is 13.0 Å². The molecule has 84 valence electrons. The molecule has 1 atom stereocenters. The maximum absolute atomic E-state index is 5.66. The van der Waals surface area contributed by atoms with Crippen molar-refractivity contribution in [1.82, 2.24) is 10.3 Å². The standard InChI is InChI=1S/C12H20N2O/c1-5-13-10(4)11-7-6-8-14-12(11)15-9(2)3/h6-10,13H,5H2,1-4H3. The van der Waals surface area contributed by atoms with E-state index in [0.29, 0.717) is 0 Å². The Balaban J connectivity index is 2.85. The van der Waals surface area contributed by atoms with Gasteiger partial charge in [0.15, 0.2) is 0 Å². The normalized spacial score (nSPS) is 12.9. The number of rotatable bonds is 5. The van der Waals surface area contributed by atoms with Crippen molar-refractivity contribution >= 4 is 0 Å². The summed E-state index contributed by atoms with van der Waals surface area (Å²) in [5.41, 5.74) is 1.12. The predicted octanol–water partition coefficient (Wildman–Crippen LogP) is 2.54. The molecular weight excluding hydrogens is 188 g/mol. The lowest BCUT2D eigenvalue weighted by Crippen LogP contribution is -2.19. The Kier molecular flexibility index (Phi) is 4.56. The Morgan fingerprint density at radius 2 is 2.13 bits per heavy atom. The van der Waals surface area contributed by atoms with Crippen LogP contribution in [-0.4, -0.2) is 17.6 Å². The van der Waals surface area contributed by atoms with E-state index in [4.69, 9.17) is 4.74 Å². The number of ether oxygens (including phenoxy) is 1. The zero-order chi connectivity index (χ0) is 11.3. The van der Waals surface area contributed by atoms with Crippen LogP contribution in [0.3, 0.4) is 0 Å². The first kappa shape index (κ1) is 12.0. The number of hydrogen-bond acceptors (Lipinski definition) is 3. The van der Waals surface area contributed by atoms with Gasteiger partial charge >= 0.3 is 0 Å². The predicted molar refractivity (Wildman–Crippen MR) is 62.1 cm³/mol. The van der Waals surface area contributed by atoms with Crippen molar-refractivity contribution in [2.75, 3.05) is 6.54 Å². The largest absolute Gasteiger partial charge is 0.475 e. The lowest BCUT2D eigenvalue weighted by molar-refractivity contribution is 0.228. The van der Waals surface area contributed by atoms with Crippen molar-refractivity contribution in [3.8, 4) is 5.88 Å². The highest BCUT2D eigenvalue weighted by molar-refractivity contribution is 5.28. The van der Waals surface area contributed by atoms with Gasteiger partial charge in [-0.3, -0.25) is 0 Å². The maximum atomic E-state index is 5.66. The number of nitrogens with one attached hydrogen (secondary N) is 1. The van der Waals surface area contributed by atoms with Gasteiger partial charge in [-0.15, -0.1) is 0 Å². The quantitative estimate of drug-likeness (QED) is 0.807. The Morgan fingerprint density at radius 1 is 1.40 bits per heavy atom. The first-order valence-electron chi connectivity index (χ1n) is 5.50. The molecule has 0 saturated heterocycles. The molecule has 0 aliphatic rings. The van der Waals surface area contributed by atoms with E-state index in [0.717, 1.165) is 18.0 Å². The van der Waals surface area contributed by atoms with Crippen LogP contribution in [0.5, 0.6) is 5.88 Å². The Hall–Kier alpha value is -1.09. The molecule has 15 heavy (non-hydrogen) atoms. The summed E-state index contributed by atoms with van der Waals surface area (Å²) in [5, 5.41) is 3.36.